The first-order valence-corrected chi connectivity index (χ1v) is 5.59. The molecule has 0 unspecified atom stereocenters. The molecule has 2 heterocycles. The number of aromatic nitrogens is 4. The van der Waals surface area contributed by atoms with E-state index in [1.54, 1.807) is 6.20 Å². The van der Waals surface area contributed by atoms with Crippen molar-refractivity contribution in [3.8, 4) is 0 Å². The second-order valence-corrected chi connectivity index (χ2v) is 4.50. The van der Waals surface area contributed by atoms with E-state index in [1.165, 1.54) is 0 Å². The Kier molecular flexibility index (Phi) is 3.19. The highest BCUT2D eigenvalue weighted by Crippen LogP contribution is 2.19. The van der Waals surface area contributed by atoms with Gasteiger partial charge < -0.3 is 9.88 Å². The lowest BCUT2D eigenvalue weighted by molar-refractivity contribution is 0.412. The molecule has 0 saturated carbocycles. The van der Waals surface area contributed by atoms with E-state index in [-0.39, 0.29) is 5.54 Å². The van der Waals surface area contributed by atoms with Crippen molar-refractivity contribution in [2.45, 2.75) is 25.9 Å². The number of nitrogens with one attached hydrogen (secondary N) is 1. The van der Waals surface area contributed by atoms with Crippen LogP contribution in [-0.4, -0.2) is 26.8 Å². The molecule has 0 aliphatic heterocycles. The van der Waals surface area contributed by atoms with Gasteiger partial charge in [-0.05, 0) is 33.0 Å². The average Bonchev–Trinajstić information content (AvgIpc) is 2.79. The van der Waals surface area contributed by atoms with Crippen molar-refractivity contribution in [2.24, 2.45) is 0 Å². The van der Waals surface area contributed by atoms with Crippen LogP contribution in [0.2, 0.25) is 0 Å². The van der Waals surface area contributed by atoms with E-state index in [2.05, 4.69) is 38.9 Å². The first-order chi connectivity index (χ1) is 8.13. The molecule has 1 N–H and O–H groups in total. The van der Waals surface area contributed by atoms with Crippen LogP contribution in [0.15, 0.2) is 30.9 Å². The van der Waals surface area contributed by atoms with Gasteiger partial charge in [-0.3, -0.25) is 0 Å². The molecular formula is C12H17N5. The Balaban J connectivity index is 2.26. The Hall–Kier alpha value is -1.75. The predicted octanol–water partition coefficient (Wildman–Crippen LogP) is 1.18. The number of hydrogen-bond acceptors (Lipinski definition) is 4. The first-order valence-electron chi connectivity index (χ1n) is 5.59. The zero-order valence-electron chi connectivity index (χ0n) is 10.4. The van der Waals surface area contributed by atoms with Crippen LogP contribution in [0, 0.1) is 0 Å². The van der Waals surface area contributed by atoms with Crippen molar-refractivity contribution >= 4 is 0 Å². The maximum atomic E-state index is 4.21. The fourth-order valence-corrected chi connectivity index (χ4v) is 1.69. The third kappa shape index (κ3) is 2.50. The molecule has 90 valence electrons. The predicted molar refractivity (Wildman–Crippen MR) is 65.4 cm³/mol. The van der Waals surface area contributed by atoms with Crippen molar-refractivity contribution in [3.05, 3.63) is 42.2 Å². The van der Waals surface area contributed by atoms with Crippen molar-refractivity contribution in [3.63, 3.8) is 0 Å². The molecule has 17 heavy (non-hydrogen) atoms. The van der Waals surface area contributed by atoms with Crippen LogP contribution >= 0.6 is 0 Å². The molecule has 0 aromatic carbocycles. The van der Waals surface area contributed by atoms with Gasteiger partial charge in [-0.2, -0.15) is 10.2 Å². The maximum absolute atomic E-state index is 4.21. The van der Waals surface area contributed by atoms with Gasteiger partial charge in [0.25, 0.3) is 0 Å². The summed E-state index contributed by atoms with van der Waals surface area (Å²) in [6.45, 7) is 4.93. The van der Waals surface area contributed by atoms with E-state index in [1.807, 2.05) is 31.7 Å². The lowest BCUT2D eigenvalue weighted by Gasteiger charge is -2.25. The van der Waals surface area contributed by atoms with Gasteiger partial charge in [0.2, 0.25) is 0 Å². The lowest BCUT2D eigenvalue weighted by atomic mass is 10.0. The Morgan fingerprint density at radius 3 is 2.88 bits per heavy atom. The molecule has 0 saturated heterocycles. The molecule has 5 nitrogen and oxygen atoms in total. The highest BCUT2D eigenvalue weighted by molar-refractivity contribution is 5.13. The second kappa shape index (κ2) is 4.63. The summed E-state index contributed by atoms with van der Waals surface area (Å²) in [5, 5.41) is 11.2. The Bertz CT molecular complexity index is 475. The van der Waals surface area contributed by atoms with Crippen molar-refractivity contribution < 1.29 is 0 Å². The van der Waals surface area contributed by atoms with E-state index in [4.69, 9.17) is 0 Å². The van der Waals surface area contributed by atoms with Gasteiger partial charge in [-0.25, -0.2) is 4.98 Å². The summed E-state index contributed by atoms with van der Waals surface area (Å²) >= 11 is 0. The topological polar surface area (TPSA) is 55.6 Å². The Morgan fingerprint density at radius 1 is 1.41 bits per heavy atom. The average molecular weight is 231 g/mol. The van der Waals surface area contributed by atoms with Crippen LogP contribution in [0.4, 0.5) is 0 Å². The summed E-state index contributed by atoms with van der Waals surface area (Å²) in [6, 6.07) is 3.85. The van der Waals surface area contributed by atoms with Gasteiger partial charge in [-0.15, -0.1) is 0 Å². The first kappa shape index (κ1) is 11.7. The summed E-state index contributed by atoms with van der Waals surface area (Å²) in [4.78, 5) is 4.21. The third-order valence-electron chi connectivity index (χ3n) is 2.94. The molecule has 5 heteroatoms. The molecule has 0 atom stereocenters. The quantitative estimate of drug-likeness (QED) is 0.858. The SMILES string of the molecule is CNC(C)(C)c1cncn1Cc1cccnn1. The van der Waals surface area contributed by atoms with Gasteiger partial charge >= 0.3 is 0 Å². The van der Waals surface area contributed by atoms with Crippen LogP contribution in [0.1, 0.15) is 25.2 Å². The number of rotatable bonds is 4. The molecule has 0 bridgehead atoms. The fraction of sp³-hybridized carbons (Fsp3) is 0.417. The molecular weight excluding hydrogens is 214 g/mol. The van der Waals surface area contributed by atoms with E-state index >= 15 is 0 Å². The summed E-state index contributed by atoms with van der Waals surface area (Å²) in [5.74, 6) is 0. The number of imidazole rings is 1. The van der Waals surface area contributed by atoms with Crippen LogP contribution in [-0.2, 0) is 12.1 Å². The van der Waals surface area contributed by atoms with E-state index in [9.17, 15) is 0 Å². The van der Waals surface area contributed by atoms with Crippen molar-refractivity contribution in [2.75, 3.05) is 7.05 Å². The highest BCUT2D eigenvalue weighted by Gasteiger charge is 2.22. The molecule has 0 amide bonds. The van der Waals surface area contributed by atoms with Crippen LogP contribution in [0.25, 0.3) is 0 Å². The van der Waals surface area contributed by atoms with Gasteiger partial charge in [0.1, 0.15) is 0 Å². The normalized spacial score (nSPS) is 11.7. The van der Waals surface area contributed by atoms with Crippen LogP contribution in [0.3, 0.4) is 0 Å². The zero-order chi connectivity index (χ0) is 12.3. The van der Waals surface area contributed by atoms with Crippen LogP contribution in [0.5, 0.6) is 0 Å². The molecule has 2 aromatic rings. The minimum atomic E-state index is -0.112. The summed E-state index contributed by atoms with van der Waals surface area (Å²) in [5.41, 5.74) is 1.95. The molecule has 0 fully saturated rings. The minimum absolute atomic E-state index is 0.112. The van der Waals surface area contributed by atoms with E-state index in [0.29, 0.717) is 6.54 Å². The van der Waals surface area contributed by atoms with Crippen molar-refractivity contribution in [1.29, 1.82) is 0 Å². The van der Waals surface area contributed by atoms with Gasteiger partial charge in [0, 0.05) is 6.20 Å². The minimum Gasteiger partial charge on any atom is -0.327 e. The highest BCUT2D eigenvalue weighted by atomic mass is 15.1. The van der Waals surface area contributed by atoms with E-state index in [0.717, 1.165) is 11.4 Å². The Labute approximate surface area is 101 Å². The van der Waals surface area contributed by atoms with Gasteiger partial charge in [0.05, 0.1) is 36.0 Å². The zero-order valence-corrected chi connectivity index (χ0v) is 10.4. The smallest absolute Gasteiger partial charge is 0.0952 e. The summed E-state index contributed by atoms with van der Waals surface area (Å²) < 4.78 is 2.08. The lowest BCUT2D eigenvalue weighted by Crippen LogP contribution is -2.35. The van der Waals surface area contributed by atoms with Gasteiger partial charge in [0.15, 0.2) is 0 Å². The monoisotopic (exact) mass is 231 g/mol. The van der Waals surface area contributed by atoms with Crippen molar-refractivity contribution in [1.82, 2.24) is 25.1 Å². The van der Waals surface area contributed by atoms with Crippen LogP contribution < -0.4 is 5.32 Å². The largest absolute Gasteiger partial charge is 0.327 e. The molecule has 2 rings (SSSR count). The summed E-state index contributed by atoms with van der Waals surface area (Å²) in [6.07, 6.45) is 5.38. The standard InChI is InChI=1S/C12H17N5/c1-12(2,13-3)11-7-14-9-17(11)8-10-5-4-6-15-16-10/h4-7,9,13H,8H2,1-3H3. The third-order valence-corrected chi connectivity index (χ3v) is 2.94. The fourth-order valence-electron chi connectivity index (χ4n) is 1.69. The maximum Gasteiger partial charge on any atom is 0.0952 e. The molecule has 2 aromatic heterocycles. The number of nitrogens with zero attached hydrogens (tertiary/aromatic N) is 4. The molecule has 0 spiro atoms. The Morgan fingerprint density at radius 2 is 2.24 bits per heavy atom. The molecule has 0 radical (unpaired) electrons. The number of hydrogen-bond donors (Lipinski definition) is 1. The molecule has 0 aliphatic carbocycles. The van der Waals surface area contributed by atoms with E-state index < -0.39 is 0 Å². The van der Waals surface area contributed by atoms with Gasteiger partial charge in [-0.1, -0.05) is 0 Å². The summed E-state index contributed by atoms with van der Waals surface area (Å²) in [7, 11) is 1.94. The second-order valence-electron chi connectivity index (χ2n) is 4.50. The molecule has 0 aliphatic rings.